The summed E-state index contributed by atoms with van der Waals surface area (Å²) < 4.78 is 27.9. The van der Waals surface area contributed by atoms with Crippen LogP contribution in [0.4, 0.5) is 8.78 Å². The zero-order valence-electron chi connectivity index (χ0n) is 17.2. The van der Waals surface area contributed by atoms with Crippen molar-refractivity contribution in [2.45, 2.75) is 83.5 Å². The Bertz CT molecular complexity index is 796. The first-order valence-corrected chi connectivity index (χ1v) is 11.5. The molecule has 4 unspecified atom stereocenters. The molecule has 0 aromatic heterocycles. The SMILES string of the molecule is CCCCCCC1CCC2CC(c3ccc4ccc(F)c(F)c4c3)CCC2C1. The zero-order valence-corrected chi connectivity index (χ0v) is 17.2. The molecule has 0 heterocycles. The van der Waals surface area contributed by atoms with Gasteiger partial charge in [-0.1, -0.05) is 63.6 Å². The van der Waals surface area contributed by atoms with E-state index < -0.39 is 11.6 Å². The summed E-state index contributed by atoms with van der Waals surface area (Å²) in [7, 11) is 0. The van der Waals surface area contributed by atoms with E-state index in [1.54, 1.807) is 6.07 Å². The Morgan fingerprint density at radius 2 is 1.64 bits per heavy atom. The summed E-state index contributed by atoms with van der Waals surface area (Å²) in [5, 5.41) is 1.23. The van der Waals surface area contributed by atoms with Gasteiger partial charge in [-0.2, -0.15) is 0 Å². The predicted molar refractivity (Wildman–Crippen MR) is 114 cm³/mol. The fourth-order valence-electron chi connectivity index (χ4n) is 5.94. The summed E-state index contributed by atoms with van der Waals surface area (Å²) in [6, 6.07) is 8.92. The highest BCUT2D eigenvalue weighted by Gasteiger charge is 2.35. The number of hydrogen-bond acceptors (Lipinski definition) is 0. The molecule has 0 spiro atoms. The van der Waals surface area contributed by atoms with Crippen LogP contribution in [0.15, 0.2) is 30.3 Å². The van der Waals surface area contributed by atoms with Gasteiger partial charge in [0, 0.05) is 5.39 Å². The third kappa shape index (κ3) is 4.26. The molecule has 0 aliphatic heterocycles. The maximum absolute atomic E-state index is 14.2. The summed E-state index contributed by atoms with van der Waals surface area (Å²) in [6.45, 7) is 2.28. The number of rotatable bonds is 6. The molecule has 0 bridgehead atoms. The third-order valence-corrected chi connectivity index (χ3v) is 7.59. The van der Waals surface area contributed by atoms with Crippen LogP contribution in [0.5, 0.6) is 0 Å². The second-order valence-corrected chi connectivity index (χ2v) is 9.40. The zero-order chi connectivity index (χ0) is 19.5. The predicted octanol–water partition coefficient (Wildman–Crippen LogP) is 8.39. The Hall–Kier alpha value is -1.44. The number of unbranched alkanes of at least 4 members (excludes halogenated alkanes) is 3. The number of fused-ring (bicyclic) bond motifs is 2. The van der Waals surface area contributed by atoms with Crippen molar-refractivity contribution in [1.29, 1.82) is 0 Å². The molecule has 0 nitrogen and oxygen atoms in total. The summed E-state index contributed by atoms with van der Waals surface area (Å²) in [5.41, 5.74) is 1.21. The van der Waals surface area contributed by atoms with Crippen molar-refractivity contribution in [2.75, 3.05) is 0 Å². The van der Waals surface area contributed by atoms with Gasteiger partial charge in [0.2, 0.25) is 0 Å². The summed E-state index contributed by atoms with van der Waals surface area (Å²) in [4.78, 5) is 0. The van der Waals surface area contributed by atoms with E-state index in [2.05, 4.69) is 13.0 Å². The van der Waals surface area contributed by atoms with Gasteiger partial charge in [-0.05, 0) is 78.9 Å². The van der Waals surface area contributed by atoms with Gasteiger partial charge in [0.15, 0.2) is 11.6 Å². The Kier molecular flexibility index (Phi) is 6.33. The van der Waals surface area contributed by atoms with Gasteiger partial charge in [-0.3, -0.25) is 0 Å². The Morgan fingerprint density at radius 1 is 0.857 bits per heavy atom. The van der Waals surface area contributed by atoms with Gasteiger partial charge < -0.3 is 0 Å². The van der Waals surface area contributed by atoms with Gasteiger partial charge in [0.1, 0.15) is 0 Å². The van der Waals surface area contributed by atoms with Gasteiger partial charge in [0.05, 0.1) is 0 Å². The molecule has 4 rings (SSSR count). The normalized spacial score (nSPS) is 27.7. The fourth-order valence-corrected chi connectivity index (χ4v) is 5.94. The van der Waals surface area contributed by atoms with Gasteiger partial charge in [0.25, 0.3) is 0 Å². The highest BCUT2D eigenvalue weighted by atomic mass is 19.2. The molecular weight excluding hydrogens is 350 g/mol. The molecule has 0 radical (unpaired) electrons. The van der Waals surface area contributed by atoms with Crippen molar-refractivity contribution in [2.24, 2.45) is 17.8 Å². The first-order chi connectivity index (χ1) is 13.7. The largest absolute Gasteiger partial charge is 0.204 e. The van der Waals surface area contributed by atoms with E-state index in [4.69, 9.17) is 0 Å². The minimum absolute atomic E-state index is 0.440. The second-order valence-electron chi connectivity index (χ2n) is 9.40. The fraction of sp³-hybridized carbons (Fsp3) is 0.615. The lowest BCUT2D eigenvalue weighted by molar-refractivity contribution is 0.113. The summed E-state index contributed by atoms with van der Waals surface area (Å²) >= 11 is 0. The van der Waals surface area contributed by atoms with Crippen LogP contribution in [-0.4, -0.2) is 0 Å². The molecule has 2 saturated carbocycles. The molecule has 2 aromatic carbocycles. The van der Waals surface area contributed by atoms with E-state index >= 15 is 0 Å². The quantitative estimate of drug-likeness (QED) is 0.439. The summed E-state index contributed by atoms with van der Waals surface area (Å²) in [6.07, 6.45) is 14.9. The molecule has 28 heavy (non-hydrogen) atoms. The molecule has 0 saturated heterocycles. The molecule has 0 N–H and O–H groups in total. The van der Waals surface area contributed by atoms with Crippen LogP contribution in [0.2, 0.25) is 0 Å². The second kappa shape index (κ2) is 8.93. The van der Waals surface area contributed by atoms with Crippen LogP contribution >= 0.6 is 0 Å². The lowest BCUT2D eigenvalue weighted by Gasteiger charge is -2.42. The van der Waals surface area contributed by atoms with Crippen LogP contribution in [0.1, 0.15) is 89.0 Å². The van der Waals surface area contributed by atoms with Gasteiger partial charge in [-0.15, -0.1) is 0 Å². The van der Waals surface area contributed by atoms with E-state index in [0.717, 1.165) is 23.1 Å². The van der Waals surface area contributed by atoms with Crippen molar-refractivity contribution in [3.05, 3.63) is 47.5 Å². The first-order valence-electron chi connectivity index (χ1n) is 11.5. The Balaban J connectivity index is 1.38. The molecule has 2 heteroatoms. The van der Waals surface area contributed by atoms with E-state index in [1.165, 1.54) is 82.3 Å². The van der Waals surface area contributed by atoms with Crippen molar-refractivity contribution >= 4 is 10.8 Å². The monoisotopic (exact) mass is 384 g/mol. The Morgan fingerprint density at radius 3 is 2.50 bits per heavy atom. The topological polar surface area (TPSA) is 0 Å². The smallest absolute Gasteiger partial charge is 0.166 e. The molecule has 2 fully saturated rings. The number of hydrogen-bond donors (Lipinski definition) is 0. The maximum atomic E-state index is 14.2. The van der Waals surface area contributed by atoms with Crippen molar-refractivity contribution in [3.8, 4) is 0 Å². The van der Waals surface area contributed by atoms with E-state index in [9.17, 15) is 8.78 Å². The highest BCUT2D eigenvalue weighted by molar-refractivity contribution is 5.84. The average Bonchev–Trinajstić information content (AvgIpc) is 2.73. The molecule has 2 aliphatic carbocycles. The standard InChI is InChI=1S/C26H34F2/c1-2-3-4-5-6-18-7-8-21-16-22(12-11-20(21)15-18)23-10-9-19-13-14-25(27)26(28)24(19)17-23/h9-10,13-14,17-18,20-22H,2-8,11-12,15-16H2,1H3. The average molecular weight is 385 g/mol. The maximum Gasteiger partial charge on any atom is 0.166 e. The minimum Gasteiger partial charge on any atom is -0.204 e. The highest BCUT2D eigenvalue weighted by Crippen LogP contribution is 2.48. The van der Waals surface area contributed by atoms with E-state index in [-0.39, 0.29) is 0 Å². The van der Waals surface area contributed by atoms with Crippen LogP contribution in [-0.2, 0) is 0 Å². The lowest BCUT2D eigenvalue weighted by Crippen LogP contribution is -2.30. The van der Waals surface area contributed by atoms with Crippen LogP contribution in [0.3, 0.4) is 0 Å². The van der Waals surface area contributed by atoms with Crippen molar-refractivity contribution < 1.29 is 8.78 Å². The molecule has 2 aromatic rings. The molecular formula is C26H34F2. The third-order valence-electron chi connectivity index (χ3n) is 7.59. The van der Waals surface area contributed by atoms with Crippen molar-refractivity contribution in [1.82, 2.24) is 0 Å². The lowest BCUT2D eigenvalue weighted by atomic mass is 9.63. The van der Waals surface area contributed by atoms with Crippen molar-refractivity contribution in [3.63, 3.8) is 0 Å². The van der Waals surface area contributed by atoms with E-state index in [1.807, 2.05) is 12.1 Å². The van der Waals surface area contributed by atoms with Gasteiger partial charge >= 0.3 is 0 Å². The molecule has 4 atom stereocenters. The Labute approximate surface area is 168 Å². The molecule has 0 amide bonds. The first kappa shape index (κ1) is 19.9. The van der Waals surface area contributed by atoms with E-state index in [0.29, 0.717) is 11.3 Å². The molecule has 152 valence electrons. The van der Waals surface area contributed by atoms with Gasteiger partial charge in [-0.25, -0.2) is 8.78 Å². The van der Waals surface area contributed by atoms with Crippen LogP contribution < -0.4 is 0 Å². The number of benzene rings is 2. The number of halogens is 2. The van der Waals surface area contributed by atoms with Crippen LogP contribution in [0.25, 0.3) is 10.8 Å². The van der Waals surface area contributed by atoms with Crippen LogP contribution in [0, 0.1) is 29.4 Å². The summed E-state index contributed by atoms with van der Waals surface area (Å²) in [5.74, 6) is 1.75. The molecule has 2 aliphatic rings. The minimum atomic E-state index is -0.745.